The largest absolute Gasteiger partial charge is 0.493 e. The number of hydrogen-bond donors (Lipinski definition) is 0. The van der Waals surface area contributed by atoms with Gasteiger partial charge in [0.1, 0.15) is 0 Å². The molecule has 1 saturated heterocycles. The van der Waals surface area contributed by atoms with Crippen molar-refractivity contribution in [1.82, 2.24) is 9.80 Å². The maximum Gasteiger partial charge on any atom is 0.246 e. The highest BCUT2D eigenvalue weighted by atomic mass is 16.5. The lowest BCUT2D eigenvalue weighted by atomic mass is 10.0. The summed E-state index contributed by atoms with van der Waals surface area (Å²) in [5, 5.41) is 0. The second-order valence-electron chi connectivity index (χ2n) is 8.52. The fourth-order valence-corrected chi connectivity index (χ4v) is 4.85. The minimum atomic E-state index is 0.0383. The molecule has 0 bridgehead atoms. The van der Waals surface area contributed by atoms with E-state index in [2.05, 4.69) is 29.2 Å². The average molecular weight is 421 g/mol. The van der Waals surface area contributed by atoms with Gasteiger partial charge in [-0.1, -0.05) is 30.3 Å². The third-order valence-corrected chi connectivity index (χ3v) is 6.70. The summed E-state index contributed by atoms with van der Waals surface area (Å²) in [6.45, 7) is 2.07. The van der Waals surface area contributed by atoms with Gasteiger partial charge in [0.15, 0.2) is 11.5 Å². The number of piperidine rings is 1. The summed E-state index contributed by atoms with van der Waals surface area (Å²) in [4.78, 5) is 17.4. The van der Waals surface area contributed by atoms with Crippen LogP contribution in [-0.2, 0) is 17.6 Å². The van der Waals surface area contributed by atoms with Crippen molar-refractivity contribution in [3.05, 3.63) is 65.2 Å². The van der Waals surface area contributed by atoms with Crippen LogP contribution in [0.2, 0.25) is 0 Å². The topological polar surface area (TPSA) is 42.0 Å². The van der Waals surface area contributed by atoms with Gasteiger partial charge in [-0.2, -0.15) is 0 Å². The average Bonchev–Trinajstić information content (AvgIpc) is 3.26. The Hall–Kier alpha value is -2.79. The Kier molecular flexibility index (Phi) is 6.62. The quantitative estimate of drug-likeness (QED) is 0.667. The summed E-state index contributed by atoms with van der Waals surface area (Å²) < 4.78 is 10.6. The molecule has 2 aliphatic rings. The van der Waals surface area contributed by atoms with Crippen molar-refractivity contribution in [1.29, 1.82) is 0 Å². The summed E-state index contributed by atoms with van der Waals surface area (Å²) in [5.74, 6) is 1.38. The summed E-state index contributed by atoms with van der Waals surface area (Å²) in [7, 11) is 5.16. The number of hydrogen-bond acceptors (Lipinski definition) is 4. The first-order valence-electron chi connectivity index (χ1n) is 11.1. The van der Waals surface area contributed by atoms with Crippen molar-refractivity contribution in [2.75, 3.05) is 34.4 Å². The highest BCUT2D eigenvalue weighted by molar-refractivity contribution is 5.92. The van der Waals surface area contributed by atoms with Crippen LogP contribution in [0, 0.1) is 0 Å². The molecule has 1 heterocycles. The first kappa shape index (κ1) is 21.4. The molecule has 164 valence electrons. The molecule has 0 radical (unpaired) electrons. The number of methoxy groups -OCH3 is 2. The van der Waals surface area contributed by atoms with E-state index >= 15 is 0 Å². The molecule has 5 heteroatoms. The molecule has 2 aromatic rings. The number of carbonyl (C=O) groups excluding carboxylic acids is 1. The molecule has 31 heavy (non-hydrogen) atoms. The smallest absolute Gasteiger partial charge is 0.246 e. The molecule has 1 unspecified atom stereocenters. The highest BCUT2D eigenvalue weighted by Gasteiger charge is 2.32. The molecule has 1 atom stereocenters. The lowest BCUT2D eigenvalue weighted by molar-refractivity contribution is -0.127. The number of fused-ring (bicyclic) bond motifs is 1. The van der Waals surface area contributed by atoms with Crippen molar-refractivity contribution in [2.24, 2.45) is 0 Å². The van der Waals surface area contributed by atoms with E-state index in [9.17, 15) is 4.79 Å². The molecule has 5 nitrogen and oxygen atoms in total. The molecule has 2 aromatic carbocycles. The maximum absolute atomic E-state index is 12.9. The molecule has 1 aliphatic heterocycles. The third kappa shape index (κ3) is 4.77. The number of benzene rings is 2. The predicted molar refractivity (Wildman–Crippen MR) is 124 cm³/mol. The maximum atomic E-state index is 12.9. The van der Waals surface area contributed by atoms with Gasteiger partial charge in [-0.15, -0.1) is 0 Å². The van der Waals surface area contributed by atoms with Crippen LogP contribution in [0.25, 0.3) is 6.08 Å². The van der Waals surface area contributed by atoms with Gasteiger partial charge in [0.25, 0.3) is 0 Å². The van der Waals surface area contributed by atoms with Crippen LogP contribution in [0.1, 0.15) is 29.5 Å². The van der Waals surface area contributed by atoms with E-state index in [4.69, 9.17) is 9.47 Å². The normalized spacial score (nSPS) is 19.4. The SMILES string of the molecule is COc1ccc(/C=C/C(=O)N(C)C2CCCN(C3Cc4ccccc4C3)C2)cc1OC. The van der Waals surface area contributed by atoms with Crippen LogP contribution >= 0.6 is 0 Å². The van der Waals surface area contributed by atoms with Crippen LogP contribution in [0.3, 0.4) is 0 Å². The lowest BCUT2D eigenvalue weighted by Gasteiger charge is -2.40. The molecular weight excluding hydrogens is 388 g/mol. The van der Waals surface area contributed by atoms with Gasteiger partial charge < -0.3 is 14.4 Å². The van der Waals surface area contributed by atoms with E-state index in [0.29, 0.717) is 17.5 Å². The Morgan fingerprint density at radius 2 is 1.77 bits per heavy atom. The van der Waals surface area contributed by atoms with Gasteiger partial charge in [-0.3, -0.25) is 9.69 Å². The van der Waals surface area contributed by atoms with E-state index in [1.54, 1.807) is 20.3 Å². The van der Waals surface area contributed by atoms with E-state index in [0.717, 1.165) is 44.3 Å². The second-order valence-corrected chi connectivity index (χ2v) is 8.52. The zero-order chi connectivity index (χ0) is 21.8. The summed E-state index contributed by atoms with van der Waals surface area (Å²) in [6, 6.07) is 15.2. The zero-order valence-corrected chi connectivity index (χ0v) is 18.7. The van der Waals surface area contributed by atoms with Gasteiger partial charge in [0.05, 0.1) is 14.2 Å². The van der Waals surface area contributed by atoms with Crippen LogP contribution in [0.5, 0.6) is 11.5 Å². The van der Waals surface area contributed by atoms with E-state index < -0.39 is 0 Å². The highest BCUT2D eigenvalue weighted by Crippen LogP contribution is 2.29. The monoisotopic (exact) mass is 420 g/mol. The minimum Gasteiger partial charge on any atom is -0.493 e. The second kappa shape index (κ2) is 9.56. The lowest BCUT2D eigenvalue weighted by Crippen LogP contribution is -2.51. The van der Waals surface area contributed by atoms with Crippen LogP contribution < -0.4 is 9.47 Å². The fourth-order valence-electron chi connectivity index (χ4n) is 4.85. The van der Waals surface area contributed by atoms with Gasteiger partial charge in [0.2, 0.25) is 5.91 Å². The number of carbonyl (C=O) groups is 1. The number of nitrogens with zero attached hydrogens (tertiary/aromatic N) is 2. The van der Waals surface area contributed by atoms with Gasteiger partial charge in [0, 0.05) is 31.8 Å². The molecule has 0 aromatic heterocycles. The van der Waals surface area contributed by atoms with E-state index in [-0.39, 0.29) is 11.9 Å². The first-order chi connectivity index (χ1) is 15.1. The van der Waals surface area contributed by atoms with Crippen molar-refractivity contribution in [2.45, 2.75) is 37.8 Å². The minimum absolute atomic E-state index is 0.0383. The molecular formula is C26H32N2O3. The fraction of sp³-hybridized carbons (Fsp3) is 0.423. The summed E-state index contributed by atoms with van der Waals surface area (Å²) in [5.41, 5.74) is 3.88. The predicted octanol–water partition coefficient (Wildman–Crippen LogP) is 3.81. The molecule has 4 rings (SSSR count). The Morgan fingerprint density at radius 3 is 2.45 bits per heavy atom. The van der Waals surface area contributed by atoms with E-state index in [1.807, 2.05) is 36.2 Å². The number of likely N-dealkylation sites (tertiary alicyclic amines) is 1. The Labute approximate surface area is 185 Å². The van der Waals surface area contributed by atoms with Gasteiger partial charge in [-0.25, -0.2) is 0 Å². The molecule has 0 saturated carbocycles. The molecule has 1 aliphatic carbocycles. The van der Waals surface area contributed by atoms with Gasteiger partial charge in [-0.05, 0) is 67.1 Å². The van der Waals surface area contributed by atoms with Crippen LogP contribution in [0.4, 0.5) is 0 Å². The molecule has 0 spiro atoms. The summed E-state index contributed by atoms with van der Waals surface area (Å²) in [6.07, 6.45) is 7.94. The first-order valence-corrected chi connectivity index (χ1v) is 11.1. The van der Waals surface area contributed by atoms with Crippen molar-refractivity contribution < 1.29 is 14.3 Å². The van der Waals surface area contributed by atoms with Crippen molar-refractivity contribution in [3.63, 3.8) is 0 Å². The number of ether oxygens (including phenoxy) is 2. The van der Waals surface area contributed by atoms with Crippen molar-refractivity contribution in [3.8, 4) is 11.5 Å². The van der Waals surface area contributed by atoms with Gasteiger partial charge >= 0.3 is 0 Å². The Balaban J connectivity index is 1.37. The zero-order valence-electron chi connectivity index (χ0n) is 18.7. The van der Waals surface area contributed by atoms with Crippen LogP contribution in [0.15, 0.2) is 48.5 Å². The number of amides is 1. The van der Waals surface area contributed by atoms with Crippen molar-refractivity contribution >= 4 is 12.0 Å². The third-order valence-electron chi connectivity index (χ3n) is 6.70. The summed E-state index contributed by atoms with van der Waals surface area (Å²) >= 11 is 0. The van der Waals surface area contributed by atoms with Crippen LogP contribution in [-0.4, -0.2) is 62.1 Å². The molecule has 1 fully saturated rings. The standard InChI is InChI=1S/C26H32N2O3/c1-27(26(29)13-11-19-10-12-24(30-2)25(15-19)31-3)22-9-6-14-28(18-22)23-16-20-7-4-5-8-21(20)17-23/h4-5,7-8,10-13,15,22-23H,6,9,14,16-18H2,1-3H3/b13-11+. The Bertz CT molecular complexity index is 930. The van der Waals surface area contributed by atoms with E-state index in [1.165, 1.54) is 11.1 Å². The number of likely N-dealkylation sites (N-methyl/N-ethyl adjacent to an activating group) is 1. The molecule has 0 N–H and O–H groups in total. The Morgan fingerprint density at radius 1 is 1.06 bits per heavy atom. The molecule has 1 amide bonds. The number of rotatable bonds is 6.